The number of allylic oxidation sites excluding steroid dienone is 2. The minimum Gasteiger partial charge on any atom is -0.496 e. The van der Waals surface area contributed by atoms with Crippen molar-refractivity contribution in [2.75, 3.05) is 6.61 Å². The Balaban J connectivity index is 2.17. The fraction of sp³-hybridized carbons (Fsp3) is 0.407. The number of hydrogen-bond acceptors (Lipinski definition) is 2. The summed E-state index contributed by atoms with van der Waals surface area (Å²) in [6.45, 7) is 15.6. The van der Waals surface area contributed by atoms with Gasteiger partial charge < -0.3 is 10.1 Å². The van der Waals surface area contributed by atoms with Gasteiger partial charge in [0.1, 0.15) is 6.61 Å². The molecule has 3 unspecified atom stereocenters. The molecular formula is C27H33Cl2NO. The summed E-state index contributed by atoms with van der Waals surface area (Å²) in [6, 6.07) is 16.6. The molecular weight excluding hydrogens is 425 g/mol. The Labute approximate surface area is 197 Å². The molecule has 2 aromatic rings. The van der Waals surface area contributed by atoms with Crippen LogP contribution < -0.4 is 5.32 Å². The van der Waals surface area contributed by atoms with Crippen LogP contribution in [0.1, 0.15) is 56.7 Å². The lowest BCUT2D eigenvalue weighted by molar-refractivity contribution is 0.110. The summed E-state index contributed by atoms with van der Waals surface area (Å²) in [4.78, 5) is 0. The van der Waals surface area contributed by atoms with Crippen LogP contribution in [0.25, 0.3) is 0 Å². The molecule has 3 rings (SSSR count). The lowest BCUT2D eigenvalue weighted by Gasteiger charge is -2.37. The molecule has 2 nitrogen and oxygen atoms in total. The fourth-order valence-corrected chi connectivity index (χ4v) is 4.75. The molecule has 1 saturated heterocycles. The van der Waals surface area contributed by atoms with Crippen LogP contribution in [0, 0.1) is 11.3 Å². The van der Waals surface area contributed by atoms with Gasteiger partial charge in [0.2, 0.25) is 0 Å². The van der Waals surface area contributed by atoms with Crippen LogP contribution in [-0.4, -0.2) is 12.6 Å². The minimum absolute atomic E-state index is 0.0711. The molecule has 0 amide bonds. The molecule has 0 aliphatic carbocycles. The molecule has 1 aliphatic heterocycles. The van der Waals surface area contributed by atoms with E-state index in [9.17, 15) is 0 Å². The molecule has 166 valence electrons. The van der Waals surface area contributed by atoms with Gasteiger partial charge in [0.25, 0.3) is 0 Å². The lowest BCUT2D eigenvalue weighted by atomic mass is 9.71. The smallest absolute Gasteiger partial charge is 0.103 e. The molecule has 31 heavy (non-hydrogen) atoms. The van der Waals surface area contributed by atoms with Crippen LogP contribution in [0.5, 0.6) is 0 Å². The molecule has 1 fully saturated rings. The number of hydrogen-bond donors (Lipinski definition) is 1. The monoisotopic (exact) mass is 457 g/mol. The van der Waals surface area contributed by atoms with Gasteiger partial charge in [0.15, 0.2) is 0 Å². The lowest BCUT2D eigenvalue weighted by Crippen LogP contribution is -2.41. The van der Waals surface area contributed by atoms with Crippen molar-refractivity contribution in [2.24, 2.45) is 11.3 Å². The van der Waals surface area contributed by atoms with Crippen LogP contribution in [0.15, 0.2) is 73.5 Å². The normalized spacial score (nSPS) is 27.2. The molecule has 4 heteroatoms. The van der Waals surface area contributed by atoms with Gasteiger partial charge in [0, 0.05) is 33.5 Å². The maximum absolute atomic E-state index is 6.43. The Kier molecular flexibility index (Phi) is 7.91. The minimum atomic E-state index is -0.243. The zero-order valence-electron chi connectivity index (χ0n) is 18.7. The second kappa shape index (κ2) is 10.3. The maximum Gasteiger partial charge on any atom is 0.103 e. The van der Waals surface area contributed by atoms with Crippen LogP contribution in [-0.2, 0) is 4.74 Å². The molecule has 0 spiro atoms. The maximum atomic E-state index is 6.43. The zero-order valence-corrected chi connectivity index (χ0v) is 20.2. The SMILES string of the molecule is C=CC[C@@]1(C)CC(c2cccc(Cl)c2)C(c2ccc(Cl)cc2)NC(C(C)C)COC1=C. The highest BCUT2D eigenvalue weighted by Gasteiger charge is 2.39. The van der Waals surface area contributed by atoms with Gasteiger partial charge in [-0.1, -0.05) is 80.9 Å². The number of halogens is 2. The first-order valence-electron chi connectivity index (χ1n) is 10.9. The number of nitrogens with one attached hydrogen (secondary N) is 1. The van der Waals surface area contributed by atoms with E-state index in [1.165, 1.54) is 11.1 Å². The summed E-state index contributed by atoms with van der Waals surface area (Å²) in [5.41, 5.74) is 2.16. The van der Waals surface area contributed by atoms with E-state index in [1.807, 2.05) is 30.3 Å². The van der Waals surface area contributed by atoms with Crippen molar-refractivity contribution in [3.8, 4) is 0 Å². The predicted octanol–water partition coefficient (Wildman–Crippen LogP) is 7.95. The second-order valence-corrected chi connectivity index (χ2v) is 10.1. The molecule has 1 aliphatic rings. The molecule has 0 saturated carbocycles. The van der Waals surface area contributed by atoms with Crippen LogP contribution in [0.3, 0.4) is 0 Å². The van der Waals surface area contributed by atoms with Gasteiger partial charge in [-0.3, -0.25) is 0 Å². The van der Waals surface area contributed by atoms with Gasteiger partial charge in [-0.15, -0.1) is 6.58 Å². The Morgan fingerprint density at radius 2 is 1.84 bits per heavy atom. The third kappa shape index (κ3) is 5.74. The Morgan fingerprint density at radius 1 is 1.13 bits per heavy atom. The van der Waals surface area contributed by atoms with E-state index < -0.39 is 0 Å². The van der Waals surface area contributed by atoms with Crippen LogP contribution in [0.4, 0.5) is 0 Å². The van der Waals surface area contributed by atoms with Crippen LogP contribution >= 0.6 is 23.2 Å². The third-order valence-corrected chi connectivity index (χ3v) is 6.97. The highest BCUT2D eigenvalue weighted by Crippen LogP contribution is 2.47. The summed E-state index contributed by atoms with van der Waals surface area (Å²) >= 11 is 12.6. The molecule has 2 aromatic carbocycles. The average molecular weight is 458 g/mol. The predicted molar refractivity (Wildman–Crippen MR) is 133 cm³/mol. The molecule has 0 aromatic heterocycles. The van der Waals surface area contributed by atoms with Crippen molar-refractivity contribution in [1.82, 2.24) is 5.32 Å². The van der Waals surface area contributed by atoms with Crippen molar-refractivity contribution in [2.45, 2.75) is 51.6 Å². The van der Waals surface area contributed by atoms with E-state index in [2.05, 4.69) is 63.5 Å². The van der Waals surface area contributed by atoms with E-state index in [-0.39, 0.29) is 23.4 Å². The largest absolute Gasteiger partial charge is 0.496 e. The van der Waals surface area contributed by atoms with Gasteiger partial charge in [-0.25, -0.2) is 0 Å². The van der Waals surface area contributed by atoms with Crippen molar-refractivity contribution in [1.29, 1.82) is 0 Å². The third-order valence-electron chi connectivity index (χ3n) is 6.48. The number of rotatable bonds is 5. The van der Waals surface area contributed by atoms with Crippen LogP contribution in [0.2, 0.25) is 10.0 Å². The van der Waals surface area contributed by atoms with Crippen molar-refractivity contribution >= 4 is 23.2 Å². The summed E-state index contributed by atoms with van der Waals surface area (Å²) < 4.78 is 6.26. The molecule has 1 heterocycles. The zero-order chi connectivity index (χ0) is 22.6. The van der Waals surface area contributed by atoms with E-state index in [0.717, 1.165) is 28.6 Å². The Morgan fingerprint density at radius 3 is 2.45 bits per heavy atom. The number of benzene rings is 2. The second-order valence-electron chi connectivity index (χ2n) is 9.20. The van der Waals surface area contributed by atoms with Gasteiger partial charge >= 0.3 is 0 Å². The highest BCUT2D eigenvalue weighted by atomic mass is 35.5. The first-order chi connectivity index (χ1) is 14.7. The summed E-state index contributed by atoms with van der Waals surface area (Å²) in [5, 5.41) is 5.40. The van der Waals surface area contributed by atoms with Crippen molar-refractivity contribution in [3.63, 3.8) is 0 Å². The number of ether oxygens (including phenoxy) is 1. The van der Waals surface area contributed by atoms with Crippen molar-refractivity contribution in [3.05, 3.63) is 94.7 Å². The average Bonchev–Trinajstić information content (AvgIpc) is 2.78. The molecule has 1 N–H and O–H groups in total. The van der Waals surface area contributed by atoms with E-state index >= 15 is 0 Å². The standard InChI is InChI=1S/C27H33Cl2NO/c1-6-14-27(5)16-24(21-8-7-9-23(29)15-21)26(20-10-12-22(28)13-11-20)30-25(18(2)3)17-31-19(27)4/h6-13,15,18,24-26,30H,1,4,14,16-17H2,2-3,5H3/t24?,25?,26?,27-/m0/s1. The van der Waals surface area contributed by atoms with E-state index in [1.54, 1.807) is 0 Å². The molecule has 0 radical (unpaired) electrons. The van der Waals surface area contributed by atoms with Gasteiger partial charge in [-0.2, -0.15) is 0 Å². The molecule has 0 bridgehead atoms. The first-order valence-corrected chi connectivity index (χ1v) is 11.7. The first kappa shape index (κ1) is 23.9. The Bertz CT molecular complexity index is 908. The Hall–Kier alpha value is -1.74. The van der Waals surface area contributed by atoms with E-state index in [4.69, 9.17) is 27.9 Å². The van der Waals surface area contributed by atoms with E-state index in [0.29, 0.717) is 12.5 Å². The van der Waals surface area contributed by atoms with Gasteiger partial charge in [0.05, 0.1) is 5.76 Å². The fourth-order valence-electron chi connectivity index (χ4n) is 4.42. The summed E-state index contributed by atoms with van der Waals surface area (Å²) in [6.07, 6.45) is 3.61. The van der Waals surface area contributed by atoms with Gasteiger partial charge in [-0.05, 0) is 54.2 Å². The summed E-state index contributed by atoms with van der Waals surface area (Å²) in [7, 11) is 0. The highest BCUT2D eigenvalue weighted by molar-refractivity contribution is 6.30. The molecule has 4 atom stereocenters. The quantitative estimate of drug-likeness (QED) is 0.459. The van der Waals surface area contributed by atoms with Crippen molar-refractivity contribution < 1.29 is 4.74 Å². The topological polar surface area (TPSA) is 21.3 Å². The summed E-state index contributed by atoms with van der Waals surface area (Å²) in [5.74, 6) is 1.37.